The van der Waals surface area contributed by atoms with Crippen LogP contribution in [0.3, 0.4) is 0 Å². The predicted molar refractivity (Wildman–Crippen MR) is 341 cm³/mol. The Morgan fingerprint density at radius 2 is 0.731 bits per heavy atom. The number of hydrogen-bond acceptors (Lipinski definition) is 3. The monoisotopic (exact) mass is 1120 g/mol. The molecule has 12 aromatic carbocycles. The van der Waals surface area contributed by atoms with Gasteiger partial charge in [0.25, 0.3) is 0 Å². The van der Waals surface area contributed by atoms with Gasteiger partial charge in [-0.3, -0.25) is 4.40 Å². The van der Waals surface area contributed by atoms with E-state index in [1.165, 1.54) is 96.9 Å². The number of benzene rings is 12. The maximum atomic E-state index is 6.69. The van der Waals surface area contributed by atoms with Crippen LogP contribution in [0.25, 0.3) is 98.3 Å². The number of hydrogen-bond donors (Lipinski definition) is 0. The molecule has 0 radical (unpaired) electrons. The third-order valence-electron chi connectivity index (χ3n) is 15.6. The molecule has 4 nitrogen and oxygen atoms in total. The summed E-state index contributed by atoms with van der Waals surface area (Å²) in [7, 11) is 0. The van der Waals surface area contributed by atoms with Gasteiger partial charge in [0.1, 0.15) is 5.65 Å². The quantitative estimate of drug-likeness (QED) is 0.0945. The molecule has 0 aliphatic heterocycles. The fourth-order valence-electron chi connectivity index (χ4n) is 12.1. The van der Waals surface area contributed by atoms with Crippen molar-refractivity contribution >= 4 is 169 Å². The summed E-state index contributed by atoms with van der Waals surface area (Å²) in [5.41, 5.74) is 6.53. The molecule has 8 heteroatoms. The molecule has 368 valence electrons. The fourth-order valence-corrected chi connectivity index (χ4v) is 21.2. The van der Waals surface area contributed by atoms with Gasteiger partial charge >= 0.3 is 235 Å². The van der Waals surface area contributed by atoms with E-state index in [4.69, 9.17) is 21.8 Å². The first kappa shape index (κ1) is 47.0. The van der Waals surface area contributed by atoms with Crippen LogP contribution in [0.2, 0.25) is 0 Å². The number of imidazole rings is 2. The summed E-state index contributed by atoms with van der Waals surface area (Å²) >= 11 is 10.5. The van der Waals surface area contributed by atoms with Crippen molar-refractivity contribution in [3.8, 4) is 0 Å². The van der Waals surface area contributed by atoms with Crippen molar-refractivity contribution in [2.45, 2.75) is 0 Å². The van der Waals surface area contributed by atoms with E-state index in [1.54, 1.807) is 0 Å². The van der Waals surface area contributed by atoms with Gasteiger partial charge in [-0.2, -0.15) is 0 Å². The molecule has 16 rings (SSSR count). The first-order chi connectivity index (χ1) is 38.5. The molecule has 0 amide bonds. The second-order valence-corrected chi connectivity index (χ2v) is 30.5. The second-order valence-electron chi connectivity index (χ2n) is 19.9. The number of pyridine rings is 2. The Bertz CT molecular complexity index is 5070. The summed E-state index contributed by atoms with van der Waals surface area (Å²) in [6, 6.07) is 97.8. The molecule has 78 heavy (non-hydrogen) atoms. The molecule has 0 aliphatic carbocycles. The third-order valence-corrected chi connectivity index (χ3v) is 27.6. The Balaban J connectivity index is 0.000000136. The summed E-state index contributed by atoms with van der Waals surface area (Å²) in [4.78, 5) is 10.5. The normalized spacial score (nSPS) is 12.2. The van der Waals surface area contributed by atoms with E-state index in [2.05, 4.69) is 303 Å². The van der Waals surface area contributed by atoms with Gasteiger partial charge in [0.2, 0.25) is 0 Å². The van der Waals surface area contributed by atoms with E-state index in [0.29, 0.717) is 0 Å². The summed E-state index contributed by atoms with van der Waals surface area (Å²) in [5, 5.41) is 19.7. The predicted octanol–water partition coefficient (Wildman–Crippen LogP) is 15.0. The summed E-state index contributed by atoms with van der Waals surface area (Å²) in [6.45, 7) is 0. The number of aromatic nitrogens is 4. The summed E-state index contributed by atoms with van der Waals surface area (Å²) < 4.78 is 4.82. The zero-order valence-corrected chi connectivity index (χ0v) is 46.4. The zero-order chi connectivity index (χ0) is 52.0. The van der Waals surface area contributed by atoms with Crippen molar-refractivity contribution in [1.29, 1.82) is 0 Å². The number of para-hydroxylation sites is 1. The molecule has 0 fully saturated rings. The summed E-state index contributed by atoms with van der Waals surface area (Å²) in [5.74, 6) is 0. The Labute approximate surface area is 463 Å². The van der Waals surface area contributed by atoms with Crippen LogP contribution in [-0.2, 0) is 11.8 Å². The van der Waals surface area contributed by atoms with Crippen LogP contribution in [0, 0.1) is 0 Å². The molecule has 16 aromatic rings. The third kappa shape index (κ3) is 7.19. The van der Waals surface area contributed by atoms with Gasteiger partial charge in [0, 0.05) is 22.2 Å². The molecular formula is C70H46N4P2SSe. The minimum atomic E-state index is -2.30. The van der Waals surface area contributed by atoms with Crippen LogP contribution in [0.4, 0.5) is 0 Å². The average Bonchev–Trinajstić information content (AvgIpc) is 4.28. The van der Waals surface area contributed by atoms with Crippen molar-refractivity contribution in [3.63, 3.8) is 0 Å². The first-order valence-corrected chi connectivity index (χ1v) is 33.0. The van der Waals surface area contributed by atoms with Gasteiger partial charge < -0.3 is 0 Å². The Morgan fingerprint density at radius 1 is 0.308 bits per heavy atom. The van der Waals surface area contributed by atoms with Gasteiger partial charge in [-0.25, -0.2) is 4.98 Å². The van der Waals surface area contributed by atoms with E-state index in [0.717, 1.165) is 33.2 Å². The molecule has 0 spiro atoms. The SMILES string of the molecule is S=P(c1ccccc1)(c1ccccc1)c1ccc2nc3c4ccccc4c4ccc5ccccc5c4n3c2c1.[Se]=P(c1ccccc1)(c1ccccc1)c1cccc2nc3c4ccccc4c4ccc5ccccc5c4n3c12. The minimum absolute atomic E-state index is 0.979. The standard InChI is InChI=1S/C35H23N2PS.C35H23N2PSe/c39-38(25-12-3-1-4-13-25,26-14-5-2-6-15-26)27-20-22-32-33(23-27)37-34-28-16-8-7-11-24(28)19-21-30(34)29-17-9-10-18-31(29)35(37)36-32;39-38(25-13-3-1-4-14-25,26-15-5-2-6-16-26)32-21-11-20-31-34(32)37-33-27-17-8-7-12-24(27)22-23-29(33)28-18-9-10-19-30(28)35(37)36-31/h2*1-23H. The van der Waals surface area contributed by atoms with Crippen molar-refractivity contribution in [1.82, 2.24) is 18.8 Å². The van der Waals surface area contributed by atoms with Crippen molar-refractivity contribution < 1.29 is 0 Å². The molecule has 4 heterocycles. The Hall–Kier alpha value is -8.30. The molecule has 0 atom stereocenters. The van der Waals surface area contributed by atoms with Crippen LogP contribution in [0.1, 0.15) is 0 Å². The van der Waals surface area contributed by atoms with Gasteiger partial charge in [-0.15, -0.1) is 0 Å². The van der Waals surface area contributed by atoms with Gasteiger partial charge in [-0.05, 0) is 38.8 Å². The van der Waals surface area contributed by atoms with Crippen molar-refractivity contribution in [2.75, 3.05) is 0 Å². The molecular weight excluding hydrogens is 1070 g/mol. The van der Waals surface area contributed by atoms with Crippen molar-refractivity contribution in [3.05, 3.63) is 279 Å². The number of rotatable bonds is 6. The van der Waals surface area contributed by atoms with Crippen LogP contribution >= 0.6 is 11.5 Å². The van der Waals surface area contributed by atoms with Crippen LogP contribution < -0.4 is 31.8 Å². The first-order valence-electron chi connectivity index (χ1n) is 26.2. The van der Waals surface area contributed by atoms with E-state index >= 15 is 0 Å². The van der Waals surface area contributed by atoms with E-state index < -0.39 is 11.5 Å². The van der Waals surface area contributed by atoms with Gasteiger partial charge in [-0.1, -0.05) is 139 Å². The Morgan fingerprint density at radius 3 is 1.26 bits per heavy atom. The van der Waals surface area contributed by atoms with Crippen molar-refractivity contribution in [2.24, 2.45) is 0 Å². The summed E-state index contributed by atoms with van der Waals surface area (Å²) in [6.07, 6.45) is 0. The molecule has 0 saturated heterocycles. The fraction of sp³-hybridized carbons (Fsp3) is 0. The molecule has 4 aromatic heterocycles. The number of fused-ring (bicyclic) bond motifs is 20. The van der Waals surface area contributed by atoms with E-state index in [-0.39, 0.29) is 0 Å². The molecule has 0 bridgehead atoms. The zero-order valence-electron chi connectivity index (χ0n) is 42.1. The molecule has 0 saturated carbocycles. The van der Waals surface area contributed by atoms with E-state index in [1.807, 2.05) is 0 Å². The molecule has 0 unspecified atom stereocenters. The topological polar surface area (TPSA) is 34.6 Å². The van der Waals surface area contributed by atoms with E-state index in [9.17, 15) is 0 Å². The average molecular weight is 1120 g/mol. The second kappa shape index (κ2) is 18.7. The van der Waals surface area contributed by atoms with Crippen LogP contribution in [0.5, 0.6) is 0 Å². The number of nitrogens with zero attached hydrogens (tertiary/aromatic N) is 4. The molecule has 0 N–H and O–H groups in total. The Kier molecular flexibility index (Phi) is 11.3. The van der Waals surface area contributed by atoms with Gasteiger partial charge in [0.05, 0.1) is 16.6 Å². The molecule has 0 aliphatic rings. The van der Waals surface area contributed by atoms with Crippen LogP contribution in [0.15, 0.2) is 279 Å². The van der Waals surface area contributed by atoms with Gasteiger partial charge in [0.15, 0.2) is 0 Å². The maximum absolute atomic E-state index is 6.69. The van der Waals surface area contributed by atoms with Crippen LogP contribution in [-0.4, -0.2) is 33.9 Å².